The molecule has 0 aliphatic rings. The van der Waals surface area contributed by atoms with Gasteiger partial charge in [-0.25, -0.2) is 4.39 Å². The minimum Gasteiger partial charge on any atom is -0.486 e. The van der Waals surface area contributed by atoms with Gasteiger partial charge in [0.15, 0.2) is 11.0 Å². The van der Waals surface area contributed by atoms with Gasteiger partial charge in [0, 0.05) is 12.1 Å². The van der Waals surface area contributed by atoms with E-state index in [9.17, 15) is 9.18 Å². The Balaban J connectivity index is 1.53. The molecule has 9 heteroatoms. The zero-order valence-corrected chi connectivity index (χ0v) is 15.9. The van der Waals surface area contributed by atoms with Crippen molar-refractivity contribution in [2.45, 2.75) is 11.8 Å². The number of thioether (sulfide) groups is 1. The predicted molar refractivity (Wildman–Crippen MR) is 103 cm³/mol. The predicted octanol–water partition coefficient (Wildman–Crippen LogP) is 3.92. The molecule has 0 saturated carbocycles. The van der Waals surface area contributed by atoms with E-state index in [2.05, 4.69) is 15.5 Å². The number of para-hydroxylation sites is 1. The molecule has 0 spiro atoms. The maximum atomic E-state index is 13.6. The van der Waals surface area contributed by atoms with Crippen LogP contribution < -0.4 is 10.1 Å². The summed E-state index contributed by atoms with van der Waals surface area (Å²) in [6.07, 6.45) is 0. The SMILES string of the molecule is Cn1c(COc2ccc(Cl)cc2)nnc1SCC(=O)Nc1ccccc1F. The van der Waals surface area contributed by atoms with Crippen LogP contribution in [-0.2, 0) is 18.4 Å². The van der Waals surface area contributed by atoms with E-state index in [1.807, 2.05) is 0 Å². The summed E-state index contributed by atoms with van der Waals surface area (Å²) in [5.74, 6) is 0.560. The van der Waals surface area contributed by atoms with Gasteiger partial charge in [-0.05, 0) is 36.4 Å². The maximum absolute atomic E-state index is 13.6. The first-order valence-electron chi connectivity index (χ1n) is 7.97. The highest BCUT2D eigenvalue weighted by molar-refractivity contribution is 7.99. The van der Waals surface area contributed by atoms with Gasteiger partial charge in [-0.3, -0.25) is 4.79 Å². The second-order valence-electron chi connectivity index (χ2n) is 5.52. The molecule has 2 aromatic carbocycles. The molecule has 1 amide bonds. The van der Waals surface area contributed by atoms with Crippen LogP contribution >= 0.6 is 23.4 Å². The van der Waals surface area contributed by atoms with Crippen LogP contribution in [0.25, 0.3) is 0 Å². The number of hydrogen-bond acceptors (Lipinski definition) is 5. The van der Waals surface area contributed by atoms with Gasteiger partial charge in [0.2, 0.25) is 5.91 Å². The van der Waals surface area contributed by atoms with Crippen molar-refractivity contribution in [3.05, 3.63) is 65.2 Å². The molecule has 1 heterocycles. The van der Waals surface area contributed by atoms with Crippen molar-refractivity contribution in [3.8, 4) is 5.75 Å². The molecule has 0 atom stereocenters. The molecule has 3 aromatic rings. The number of halogens is 2. The molecule has 1 N–H and O–H groups in total. The van der Waals surface area contributed by atoms with Gasteiger partial charge in [-0.15, -0.1) is 10.2 Å². The Morgan fingerprint density at radius 1 is 1.22 bits per heavy atom. The number of carbonyl (C=O) groups is 1. The van der Waals surface area contributed by atoms with Crippen LogP contribution in [0.15, 0.2) is 53.7 Å². The van der Waals surface area contributed by atoms with Crippen molar-refractivity contribution in [3.63, 3.8) is 0 Å². The Kier molecular flexibility index (Phi) is 6.31. The fraction of sp³-hybridized carbons (Fsp3) is 0.167. The number of anilines is 1. The summed E-state index contributed by atoms with van der Waals surface area (Å²) in [6.45, 7) is 0.229. The molecule has 1 aromatic heterocycles. The van der Waals surface area contributed by atoms with Gasteiger partial charge in [0.25, 0.3) is 0 Å². The molecule has 3 rings (SSSR count). The smallest absolute Gasteiger partial charge is 0.234 e. The average molecular weight is 407 g/mol. The van der Waals surface area contributed by atoms with Crippen LogP contribution in [0.2, 0.25) is 5.02 Å². The maximum Gasteiger partial charge on any atom is 0.234 e. The van der Waals surface area contributed by atoms with Crippen molar-refractivity contribution in [1.29, 1.82) is 0 Å². The second kappa shape index (κ2) is 8.88. The second-order valence-corrected chi connectivity index (χ2v) is 6.90. The number of aromatic nitrogens is 3. The van der Waals surface area contributed by atoms with E-state index in [1.165, 1.54) is 23.9 Å². The third kappa shape index (κ3) is 5.21. The summed E-state index contributed by atoms with van der Waals surface area (Å²) in [5.41, 5.74) is 0.151. The number of ether oxygens (including phenoxy) is 1. The van der Waals surface area contributed by atoms with Gasteiger partial charge in [-0.1, -0.05) is 35.5 Å². The molecular weight excluding hydrogens is 391 g/mol. The molecule has 27 heavy (non-hydrogen) atoms. The minimum atomic E-state index is -0.476. The summed E-state index contributed by atoms with van der Waals surface area (Å²) >= 11 is 7.05. The lowest BCUT2D eigenvalue weighted by atomic mass is 10.3. The third-order valence-electron chi connectivity index (χ3n) is 3.59. The lowest BCUT2D eigenvalue weighted by molar-refractivity contribution is -0.113. The topological polar surface area (TPSA) is 69.0 Å². The fourth-order valence-electron chi connectivity index (χ4n) is 2.15. The normalized spacial score (nSPS) is 10.6. The first-order valence-corrected chi connectivity index (χ1v) is 9.33. The molecule has 0 aliphatic carbocycles. The highest BCUT2D eigenvalue weighted by Crippen LogP contribution is 2.20. The van der Waals surface area contributed by atoms with Gasteiger partial charge in [0.1, 0.15) is 18.2 Å². The first kappa shape index (κ1) is 19.2. The molecule has 0 radical (unpaired) electrons. The van der Waals surface area contributed by atoms with Gasteiger partial charge in [0.05, 0.1) is 11.4 Å². The summed E-state index contributed by atoms with van der Waals surface area (Å²) in [5, 5.41) is 11.9. The number of carbonyl (C=O) groups excluding carboxylic acids is 1. The average Bonchev–Trinajstić information content (AvgIpc) is 3.01. The van der Waals surface area contributed by atoms with Crippen LogP contribution in [0.1, 0.15) is 5.82 Å². The van der Waals surface area contributed by atoms with Crippen LogP contribution in [-0.4, -0.2) is 26.4 Å². The Morgan fingerprint density at radius 3 is 2.70 bits per heavy atom. The number of nitrogens with zero attached hydrogens (tertiary/aromatic N) is 3. The Hall–Kier alpha value is -2.58. The van der Waals surface area contributed by atoms with E-state index >= 15 is 0 Å². The third-order valence-corrected chi connectivity index (χ3v) is 4.86. The quantitative estimate of drug-likeness (QED) is 0.602. The van der Waals surface area contributed by atoms with Gasteiger partial charge in [-0.2, -0.15) is 0 Å². The van der Waals surface area contributed by atoms with E-state index in [4.69, 9.17) is 16.3 Å². The molecule has 140 valence electrons. The van der Waals surface area contributed by atoms with E-state index in [0.717, 1.165) is 0 Å². The summed E-state index contributed by atoms with van der Waals surface area (Å²) in [6, 6.07) is 13.0. The number of hydrogen-bond donors (Lipinski definition) is 1. The first-order chi connectivity index (χ1) is 13.0. The van der Waals surface area contributed by atoms with Crippen molar-refractivity contribution in [2.75, 3.05) is 11.1 Å². The van der Waals surface area contributed by atoms with Gasteiger partial charge >= 0.3 is 0 Å². The lowest BCUT2D eigenvalue weighted by Crippen LogP contribution is -2.15. The molecule has 0 fully saturated rings. The zero-order chi connectivity index (χ0) is 19.2. The van der Waals surface area contributed by atoms with E-state index in [0.29, 0.717) is 21.8 Å². The van der Waals surface area contributed by atoms with Crippen molar-refractivity contribution >= 4 is 35.0 Å². The minimum absolute atomic E-state index is 0.0817. The van der Waals surface area contributed by atoms with Crippen molar-refractivity contribution in [1.82, 2.24) is 14.8 Å². The monoisotopic (exact) mass is 406 g/mol. The Morgan fingerprint density at radius 2 is 1.96 bits per heavy atom. The largest absolute Gasteiger partial charge is 0.486 e. The van der Waals surface area contributed by atoms with Crippen LogP contribution in [0.3, 0.4) is 0 Å². The van der Waals surface area contributed by atoms with Crippen LogP contribution in [0.4, 0.5) is 10.1 Å². The molecule has 6 nitrogen and oxygen atoms in total. The number of rotatable bonds is 7. The fourth-order valence-corrected chi connectivity index (χ4v) is 3.01. The molecule has 0 unspecified atom stereocenters. The molecular formula is C18H16ClFN4O2S. The standard InChI is InChI=1S/C18H16ClFN4O2S/c1-24-16(10-26-13-8-6-12(19)7-9-13)22-23-18(24)27-11-17(25)21-15-5-3-2-4-14(15)20/h2-9H,10-11H2,1H3,(H,21,25). The summed E-state index contributed by atoms with van der Waals surface area (Å²) in [7, 11) is 1.79. The summed E-state index contributed by atoms with van der Waals surface area (Å²) < 4.78 is 21.0. The van der Waals surface area contributed by atoms with E-state index in [-0.39, 0.29) is 24.0 Å². The van der Waals surface area contributed by atoms with Crippen LogP contribution in [0.5, 0.6) is 5.75 Å². The van der Waals surface area contributed by atoms with E-state index in [1.54, 1.807) is 48.0 Å². The molecule has 0 aliphatic heterocycles. The molecule has 0 saturated heterocycles. The Labute approximate surface area is 164 Å². The van der Waals surface area contributed by atoms with E-state index < -0.39 is 5.82 Å². The molecule has 0 bridgehead atoms. The highest BCUT2D eigenvalue weighted by Gasteiger charge is 2.13. The lowest BCUT2D eigenvalue weighted by Gasteiger charge is -2.07. The van der Waals surface area contributed by atoms with Crippen molar-refractivity contribution in [2.24, 2.45) is 7.05 Å². The van der Waals surface area contributed by atoms with Crippen molar-refractivity contribution < 1.29 is 13.9 Å². The van der Waals surface area contributed by atoms with Crippen LogP contribution in [0, 0.1) is 5.82 Å². The summed E-state index contributed by atoms with van der Waals surface area (Å²) in [4.78, 5) is 12.0. The number of amides is 1. The zero-order valence-electron chi connectivity index (χ0n) is 14.4. The van der Waals surface area contributed by atoms with Gasteiger partial charge < -0.3 is 14.6 Å². The Bertz CT molecular complexity index is 933. The number of benzene rings is 2. The number of nitrogens with one attached hydrogen (secondary N) is 1. The highest BCUT2D eigenvalue weighted by atomic mass is 35.5.